The minimum absolute atomic E-state index is 0.0418. The number of aromatic nitrogens is 2. The Hall–Kier alpha value is -3.12. The van der Waals surface area contributed by atoms with E-state index in [4.69, 9.17) is 7.80 Å². The number of carbonyl (C=O) groups excluding carboxylic acids is 1. The van der Waals surface area contributed by atoms with Gasteiger partial charge in [-0.1, -0.05) is 0 Å². The number of nitrogens with zero attached hydrogens (tertiary/aromatic N) is 1. The van der Waals surface area contributed by atoms with Gasteiger partial charge in [-0.2, -0.15) is 0 Å². The molecular weight excluding hydrogens is 564 g/mol. The number of pyridine rings is 1. The van der Waals surface area contributed by atoms with Gasteiger partial charge in [-0.15, -0.1) is 0 Å². The van der Waals surface area contributed by atoms with Gasteiger partial charge >= 0.3 is 214 Å². The number of para-hydroxylation sites is 1. The van der Waals surface area contributed by atoms with Gasteiger partial charge in [-0.25, -0.2) is 0 Å². The van der Waals surface area contributed by atoms with Gasteiger partial charge in [0.2, 0.25) is 0 Å². The summed E-state index contributed by atoms with van der Waals surface area (Å²) >= 11 is -0.708. The molecule has 4 heterocycles. The fraction of sp³-hybridized carbons (Fsp3) is 0.280. The van der Waals surface area contributed by atoms with Crippen LogP contribution in [0.3, 0.4) is 0 Å². The van der Waals surface area contributed by atoms with Crippen LogP contribution in [-0.2, 0) is 3.07 Å². The van der Waals surface area contributed by atoms with E-state index in [1.807, 2.05) is 6.07 Å². The van der Waals surface area contributed by atoms with E-state index in [0.717, 1.165) is 35.6 Å². The molecule has 2 aromatic heterocycles. The first-order chi connectivity index (χ1) is 17.1. The standard InChI is InChI=1S/C25H26FIN5O3/c1-14-6-10-29-19-13-28-9-7-15(19)21-23(31-18-5-3-4-16(26)24(18)34-2)20-22(32-21)17(12-30-25(20)33)27-35-11-8-14/h3-5,7-9,13,17,29,31-32H,6,10-12H2,1-2H3,(H,30,33)/q-1/b14-8+/t17-/m1/s1. The fourth-order valence-electron chi connectivity index (χ4n) is 4.25. The zero-order valence-corrected chi connectivity index (χ0v) is 21.5. The van der Waals surface area contributed by atoms with Crippen molar-refractivity contribution in [3.05, 3.63) is 65.4 Å². The predicted molar refractivity (Wildman–Crippen MR) is 128 cm³/mol. The summed E-state index contributed by atoms with van der Waals surface area (Å²) in [5.74, 6) is -0.598. The average molecular weight is 590 g/mol. The van der Waals surface area contributed by atoms with Crippen molar-refractivity contribution in [3.63, 3.8) is 0 Å². The van der Waals surface area contributed by atoms with Crippen LogP contribution in [-0.4, -0.2) is 42.7 Å². The Morgan fingerprint density at radius 1 is 1.29 bits per heavy atom. The number of amides is 1. The third-order valence-corrected chi connectivity index (χ3v) is 8.43. The number of aromatic amines is 1. The Balaban J connectivity index is 1.69. The van der Waals surface area contributed by atoms with Gasteiger partial charge in [0, 0.05) is 0 Å². The number of hydrogen-bond donors (Lipinski definition) is 4. The maximum atomic E-state index is 14.5. The number of nitrogens with one attached hydrogen (secondary N) is 4. The molecule has 4 N–H and O–H groups in total. The summed E-state index contributed by atoms with van der Waals surface area (Å²) in [6, 6.07) is 6.57. The molecule has 1 atom stereocenters. The number of halogens is 2. The van der Waals surface area contributed by atoms with Gasteiger partial charge in [-0.3, -0.25) is 0 Å². The Morgan fingerprint density at radius 3 is 3.03 bits per heavy atom. The van der Waals surface area contributed by atoms with E-state index in [-0.39, 0.29) is 15.6 Å². The minimum atomic E-state index is -0.708. The number of H-pyrrole nitrogens is 1. The molecule has 0 aliphatic carbocycles. The van der Waals surface area contributed by atoms with Crippen LogP contribution in [0, 0.1) is 5.82 Å². The third-order valence-electron chi connectivity index (χ3n) is 6.03. The molecule has 0 spiro atoms. The number of carbonyl (C=O) groups is 1. The molecule has 10 heteroatoms. The van der Waals surface area contributed by atoms with Crippen molar-refractivity contribution in [2.75, 3.05) is 37.4 Å². The number of rotatable bonds is 3. The molecule has 184 valence electrons. The molecule has 2 bridgehead atoms. The van der Waals surface area contributed by atoms with Crippen molar-refractivity contribution in [1.82, 2.24) is 15.3 Å². The predicted octanol–water partition coefficient (Wildman–Crippen LogP) is 1.53. The van der Waals surface area contributed by atoms with Gasteiger partial charge in [0.25, 0.3) is 0 Å². The topological polar surface area (TPSA) is 100 Å². The number of methoxy groups -OCH3 is 1. The normalized spacial score (nSPS) is 19.6. The van der Waals surface area contributed by atoms with E-state index in [1.165, 1.54) is 18.7 Å². The second-order valence-corrected chi connectivity index (χ2v) is 10.9. The summed E-state index contributed by atoms with van der Waals surface area (Å²) in [5, 5.41) is 9.79. The van der Waals surface area contributed by atoms with Crippen molar-refractivity contribution in [2.45, 2.75) is 17.3 Å². The van der Waals surface area contributed by atoms with Gasteiger partial charge in [0.15, 0.2) is 0 Å². The molecule has 0 saturated heterocycles. The van der Waals surface area contributed by atoms with E-state index in [1.54, 1.807) is 24.5 Å². The van der Waals surface area contributed by atoms with Crippen LogP contribution in [0.5, 0.6) is 5.75 Å². The molecule has 3 aromatic rings. The second kappa shape index (κ2) is 10.2. The monoisotopic (exact) mass is 590 g/mol. The van der Waals surface area contributed by atoms with Gasteiger partial charge in [0.1, 0.15) is 0 Å². The first kappa shape index (κ1) is 23.6. The number of benzene rings is 1. The summed E-state index contributed by atoms with van der Waals surface area (Å²) < 4.78 is 25.9. The van der Waals surface area contributed by atoms with E-state index in [2.05, 4.69) is 38.9 Å². The van der Waals surface area contributed by atoms with Crippen LogP contribution in [0.4, 0.5) is 21.5 Å². The summed E-state index contributed by atoms with van der Waals surface area (Å²) in [5.41, 5.74) is 6.00. The van der Waals surface area contributed by atoms with E-state index in [0.29, 0.717) is 30.1 Å². The Morgan fingerprint density at radius 2 is 2.17 bits per heavy atom. The summed E-state index contributed by atoms with van der Waals surface area (Å²) in [4.78, 5) is 21.0. The number of anilines is 3. The number of hydrogen-bond acceptors (Lipinski definition) is 6. The molecule has 8 nitrogen and oxygen atoms in total. The average Bonchev–Trinajstić information content (AvgIpc) is 3.23. The zero-order chi connectivity index (χ0) is 24.4. The molecule has 2 aliphatic heterocycles. The molecule has 0 fully saturated rings. The maximum absolute atomic E-state index is 14.5. The SMILES string of the molecule is COc1c(F)cccc1Nc1c2[nH]c3c1C(=O)NC[C@H]3[I-]OC/C=C(\C)CCNc1cnccc1-2. The Bertz CT molecular complexity index is 1290. The Labute approximate surface area is 213 Å². The molecule has 0 saturated carbocycles. The van der Waals surface area contributed by atoms with E-state index in [9.17, 15) is 9.18 Å². The number of fused-ring (bicyclic) bond motifs is 3. The third kappa shape index (κ3) is 4.72. The van der Waals surface area contributed by atoms with Crippen molar-refractivity contribution < 1.29 is 38.6 Å². The van der Waals surface area contributed by atoms with Crippen LogP contribution in [0.1, 0.15) is 33.3 Å². The van der Waals surface area contributed by atoms with Crippen molar-refractivity contribution in [2.24, 2.45) is 0 Å². The van der Waals surface area contributed by atoms with Gasteiger partial charge in [0.05, 0.1) is 0 Å². The molecular formula is C25H26FIN5O3-. The van der Waals surface area contributed by atoms with Gasteiger partial charge in [-0.05, 0) is 0 Å². The van der Waals surface area contributed by atoms with Crippen LogP contribution in [0.25, 0.3) is 11.3 Å². The van der Waals surface area contributed by atoms with Crippen LogP contribution in [0.15, 0.2) is 48.3 Å². The van der Waals surface area contributed by atoms with Crippen LogP contribution in [0.2, 0.25) is 0 Å². The molecule has 1 amide bonds. The molecule has 2 aliphatic rings. The molecule has 0 unspecified atom stereocenters. The number of ether oxygens (including phenoxy) is 1. The molecule has 0 radical (unpaired) electrons. The second-order valence-electron chi connectivity index (χ2n) is 8.30. The van der Waals surface area contributed by atoms with Crippen LogP contribution >= 0.6 is 0 Å². The van der Waals surface area contributed by atoms with E-state index < -0.39 is 27.4 Å². The summed E-state index contributed by atoms with van der Waals surface area (Å²) in [7, 11) is 1.42. The molecule has 5 rings (SSSR count). The molecule has 1 aromatic carbocycles. The quantitative estimate of drug-likeness (QED) is 0.210. The van der Waals surface area contributed by atoms with E-state index >= 15 is 0 Å². The zero-order valence-electron chi connectivity index (χ0n) is 19.4. The fourth-order valence-corrected chi connectivity index (χ4v) is 6.19. The van der Waals surface area contributed by atoms with Gasteiger partial charge < -0.3 is 0 Å². The first-order valence-electron chi connectivity index (χ1n) is 11.3. The summed E-state index contributed by atoms with van der Waals surface area (Å²) in [6.45, 7) is 3.88. The first-order valence-corrected chi connectivity index (χ1v) is 13.4. The van der Waals surface area contributed by atoms with Crippen molar-refractivity contribution >= 4 is 23.0 Å². The van der Waals surface area contributed by atoms with Crippen molar-refractivity contribution in [3.8, 4) is 17.0 Å². The summed E-state index contributed by atoms with van der Waals surface area (Å²) in [6.07, 6.45) is 6.48. The number of alkyl halides is 1. The molecule has 35 heavy (non-hydrogen) atoms. The van der Waals surface area contributed by atoms with Crippen molar-refractivity contribution in [1.29, 1.82) is 0 Å². The van der Waals surface area contributed by atoms with Crippen LogP contribution < -0.4 is 42.3 Å². The Kier molecular flexibility index (Phi) is 6.91.